The average molecular weight is 793 g/mol. The number of amides is 1. The first-order valence-electron chi connectivity index (χ1n) is 19.4. The van der Waals surface area contributed by atoms with Gasteiger partial charge in [0.1, 0.15) is 53.6 Å². The van der Waals surface area contributed by atoms with Crippen LogP contribution in [0.15, 0.2) is 132 Å². The highest BCUT2D eigenvalue weighted by molar-refractivity contribution is 5.81. The zero-order chi connectivity index (χ0) is 40.7. The number of carbonyl (C=O) groups excluding carboxylic acids is 2. The van der Waals surface area contributed by atoms with E-state index in [0.29, 0.717) is 24.7 Å². The number of hydrogen-bond donors (Lipinski definition) is 1. The number of hydrogen-bond acceptors (Lipinski definition) is 11. The smallest absolute Gasteiger partial charge is 0.408 e. The van der Waals surface area contributed by atoms with Gasteiger partial charge in [-0.3, -0.25) is 0 Å². The Hall–Kier alpha value is -5.37. The predicted octanol–water partition coefficient (Wildman–Crippen LogP) is 7.70. The third-order valence-electron chi connectivity index (χ3n) is 9.33. The van der Waals surface area contributed by atoms with Crippen LogP contribution in [-0.2, 0) is 70.8 Å². The highest BCUT2D eigenvalue weighted by Gasteiger charge is 2.50. The number of ether oxygens (including phenoxy) is 7. The summed E-state index contributed by atoms with van der Waals surface area (Å²) in [5, 5.41) is 7.03. The van der Waals surface area contributed by atoms with Gasteiger partial charge in [-0.2, -0.15) is 0 Å². The van der Waals surface area contributed by atoms with Gasteiger partial charge in [0, 0.05) is 12.5 Å². The highest BCUT2D eigenvalue weighted by atomic mass is 16.6. The van der Waals surface area contributed by atoms with Gasteiger partial charge in [0.2, 0.25) is 0 Å². The van der Waals surface area contributed by atoms with Crippen molar-refractivity contribution < 1.29 is 47.3 Å². The largest absolute Gasteiger partial charge is 0.467 e. The lowest BCUT2D eigenvalue weighted by molar-refractivity contribution is -0.276. The van der Waals surface area contributed by atoms with Crippen LogP contribution >= 0.6 is 0 Å². The molecule has 1 aliphatic heterocycles. The van der Waals surface area contributed by atoms with Crippen molar-refractivity contribution in [3.63, 3.8) is 0 Å². The number of esters is 1. The van der Waals surface area contributed by atoms with Gasteiger partial charge in [-0.15, -0.1) is 0 Å². The Balaban J connectivity index is 1.34. The first kappa shape index (κ1) is 42.2. The van der Waals surface area contributed by atoms with Crippen LogP contribution in [0.25, 0.3) is 0 Å². The fourth-order valence-corrected chi connectivity index (χ4v) is 6.57. The first-order valence-corrected chi connectivity index (χ1v) is 19.4. The van der Waals surface area contributed by atoms with Crippen molar-refractivity contribution in [2.24, 2.45) is 0 Å². The van der Waals surface area contributed by atoms with Gasteiger partial charge in [0.05, 0.1) is 40.1 Å². The molecular formula is C46H52N2O10. The molecule has 4 aromatic carbocycles. The second kappa shape index (κ2) is 20.9. The summed E-state index contributed by atoms with van der Waals surface area (Å²) in [4.78, 5) is 25.5. The summed E-state index contributed by atoms with van der Waals surface area (Å²) in [7, 11) is 1.24. The van der Waals surface area contributed by atoms with E-state index in [4.69, 9.17) is 37.7 Å². The average Bonchev–Trinajstić information content (AvgIpc) is 3.70. The third kappa shape index (κ3) is 12.6. The molecule has 0 saturated carbocycles. The fraction of sp³-hybridized carbons (Fsp3) is 0.370. The molecule has 0 bridgehead atoms. The van der Waals surface area contributed by atoms with Gasteiger partial charge in [-0.25, -0.2) is 9.59 Å². The molecule has 0 radical (unpaired) electrons. The zero-order valence-corrected chi connectivity index (χ0v) is 33.4. The molecule has 12 heteroatoms. The van der Waals surface area contributed by atoms with Crippen molar-refractivity contribution in [1.82, 2.24) is 10.5 Å². The molecule has 12 nitrogen and oxygen atoms in total. The summed E-state index contributed by atoms with van der Waals surface area (Å²) >= 11 is 0. The SMILES string of the molecule is COC(=O)[C@H](Cc1cc([C@@H]2O[C@H](COCc3ccccc3)[C@H](OCc3ccccc3)[C@H](OCc3ccccc3)[C@H]2OCc2ccccc2)no1)NC(=O)OC(C)(C)C. The minimum absolute atomic E-state index is 0.0679. The molecule has 0 unspecified atom stereocenters. The number of benzene rings is 4. The fourth-order valence-electron chi connectivity index (χ4n) is 6.57. The first-order chi connectivity index (χ1) is 28.1. The number of nitrogens with one attached hydrogen (secondary N) is 1. The molecule has 1 N–H and O–H groups in total. The summed E-state index contributed by atoms with van der Waals surface area (Å²) in [6.45, 7) is 6.52. The molecule has 5 aromatic rings. The van der Waals surface area contributed by atoms with Crippen LogP contribution in [0.5, 0.6) is 0 Å². The van der Waals surface area contributed by atoms with E-state index >= 15 is 0 Å². The van der Waals surface area contributed by atoms with E-state index in [-0.39, 0.29) is 26.2 Å². The second-order valence-electron chi connectivity index (χ2n) is 15.0. The Morgan fingerprint density at radius 2 is 1.17 bits per heavy atom. The lowest BCUT2D eigenvalue weighted by Gasteiger charge is -2.45. The maximum Gasteiger partial charge on any atom is 0.408 e. The van der Waals surface area contributed by atoms with Crippen LogP contribution in [0, 0.1) is 0 Å². The maximum absolute atomic E-state index is 12.8. The molecule has 58 heavy (non-hydrogen) atoms. The minimum Gasteiger partial charge on any atom is -0.467 e. The zero-order valence-electron chi connectivity index (χ0n) is 33.4. The topological polar surface area (TPSA) is 137 Å². The minimum atomic E-state index is -1.12. The highest BCUT2D eigenvalue weighted by Crippen LogP contribution is 2.38. The molecule has 1 aromatic heterocycles. The number of nitrogens with zero attached hydrogens (tertiary/aromatic N) is 1. The van der Waals surface area contributed by atoms with Gasteiger partial charge < -0.3 is 43.0 Å². The van der Waals surface area contributed by atoms with Crippen LogP contribution < -0.4 is 5.32 Å². The van der Waals surface area contributed by atoms with Crippen LogP contribution in [-0.4, -0.2) is 67.0 Å². The Morgan fingerprint density at radius 1 is 0.690 bits per heavy atom. The lowest BCUT2D eigenvalue weighted by Crippen LogP contribution is -2.58. The van der Waals surface area contributed by atoms with E-state index in [9.17, 15) is 9.59 Å². The molecule has 1 amide bonds. The van der Waals surface area contributed by atoms with Gasteiger partial charge in [-0.1, -0.05) is 126 Å². The number of rotatable bonds is 18. The van der Waals surface area contributed by atoms with E-state index in [1.807, 2.05) is 121 Å². The number of carbonyl (C=O) groups is 2. The molecule has 6 rings (SSSR count). The predicted molar refractivity (Wildman–Crippen MR) is 214 cm³/mol. The molecule has 6 atom stereocenters. The van der Waals surface area contributed by atoms with Crippen molar-refractivity contribution in [2.75, 3.05) is 13.7 Å². The van der Waals surface area contributed by atoms with Gasteiger partial charge in [0.25, 0.3) is 0 Å². The quantitative estimate of drug-likeness (QED) is 0.0875. The van der Waals surface area contributed by atoms with Crippen molar-refractivity contribution in [3.05, 3.63) is 161 Å². The second-order valence-corrected chi connectivity index (χ2v) is 15.0. The maximum atomic E-state index is 12.8. The summed E-state index contributed by atoms with van der Waals surface area (Å²) in [5.74, 6) is -0.377. The van der Waals surface area contributed by atoms with Crippen LogP contribution in [0.1, 0.15) is 60.6 Å². The molecular weight excluding hydrogens is 741 g/mol. The molecule has 306 valence electrons. The van der Waals surface area contributed by atoms with Gasteiger partial charge in [0.15, 0.2) is 0 Å². The molecule has 1 fully saturated rings. The van der Waals surface area contributed by atoms with Crippen molar-refractivity contribution in [2.45, 2.75) is 95.8 Å². The van der Waals surface area contributed by atoms with Crippen LogP contribution in [0.4, 0.5) is 4.79 Å². The van der Waals surface area contributed by atoms with Crippen molar-refractivity contribution in [3.8, 4) is 0 Å². The molecule has 0 aliphatic carbocycles. The number of methoxy groups -OCH3 is 1. The van der Waals surface area contributed by atoms with E-state index in [1.54, 1.807) is 26.8 Å². The van der Waals surface area contributed by atoms with E-state index in [1.165, 1.54) is 7.11 Å². The summed E-state index contributed by atoms with van der Waals surface area (Å²) in [6, 6.07) is 40.1. The normalized spacial score (nSPS) is 19.9. The van der Waals surface area contributed by atoms with Crippen LogP contribution in [0.2, 0.25) is 0 Å². The summed E-state index contributed by atoms with van der Waals surface area (Å²) in [6.07, 6.45) is -4.42. The Labute approximate surface area is 339 Å². The van der Waals surface area contributed by atoms with E-state index in [2.05, 4.69) is 10.5 Å². The third-order valence-corrected chi connectivity index (χ3v) is 9.33. The van der Waals surface area contributed by atoms with Crippen molar-refractivity contribution in [1.29, 1.82) is 0 Å². The molecule has 0 spiro atoms. The Morgan fingerprint density at radius 3 is 1.67 bits per heavy atom. The molecule has 1 saturated heterocycles. The standard InChI is InChI=1S/C46H52N2O10/c1-46(2,3)57-45(50)47-38(44(49)51-4)26-36-25-37(48-58-36)40-42(54-29-34-21-13-7-14-22-34)43(55-30-35-23-15-8-16-24-35)41(53-28-33-19-11-6-12-20-33)39(56-40)31-52-27-32-17-9-5-10-18-32/h5-25,38-43H,26-31H2,1-4H3,(H,47,50)/t38-,39+,40-,41-,42-,43-/m0/s1. The van der Waals surface area contributed by atoms with Crippen LogP contribution in [0.3, 0.4) is 0 Å². The molecule has 1 aliphatic rings. The monoisotopic (exact) mass is 792 g/mol. The van der Waals surface area contributed by atoms with E-state index < -0.39 is 54.2 Å². The number of alkyl carbamates (subject to hydrolysis) is 1. The van der Waals surface area contributed by atoms with E-state index in [0.717, 1.165) is 22.3 Å². The van der Waals surface area contributed by atoms with Crippen molar-refractivity contribution >= 4 is 12.1 Å². The number of aromatic nitrogens is 1. The Kier molecular flexibility index (Phi) is 15.2. The lowest BCUT2D eigenvalue weighted by atomic mass is 9.92. The summed E-state index contributed by atoms with van der Waals surface area (Å²) < 4.78 is 49.9. The Bertz CT molecular complexity index is 1970. The summed E-state index contributed by atoms with van der Waals surface area (Å²) in [5.41, 5.74) is 3.55. The molecule has 2 heterocycles. The van der Waals surface area contributed by atoms with Gasteiger partial charge >= 0.3 is 12.1 Å². The van der Waals surface area contributed by atoms with Gasteiger partial charge in [-0.05, 0) is 43.0 Å².